The molecule has 1 aliphatic heterocycles. The number of amides is 2. The fourth-order valence-electron chi connectivity index (χ4n) is 3.53. The number of carbonyl (C=O) groups excluding carboxylic acids is 3. The summed E-state index contributed by atoms with van der Waals surface area (Å²) in [5, 5.41) is 6.07. The summed E-state index contributed by atoms with van der Waals surface area (Å²) in [6.07, 6.45) is 2.97. The smallest absolute Gasteiger partial charge is 0.311 e. The Hall–Kier alpha value is -3.61. The largest absolute Gasteiger partial charge is 0.469 e. The lowest BCUT2D eigenvalue weighted by Gasteiger charge is -2.23. The first-order valence-corrected chi connectivity index (χ1v) is 10.6. The van der Waals surface area contributed by atoms with Crippen molar-refractivity contribution in [1.82, 2.24) is 5.32 Å². The summed E-state index contributed by atoms with van der Waals surface area (Å²) in [5.74, 6) is -1.05. The van der Waals surface area contributed by atoms with Gasteiger partial charge in [-0.2, -0.15) is 0 Å². The minimum Gasteiger partial charge on any atom is -0.469 e. The number of rotatable bonds is 8. The normalized spacial score (nSPS) is 12.9. The van der Waals surface area contributed by atoms with E-state index in [0.29, 0.717) is 23.6 Å². The lowest BCUT2D eigenvalue weighted by molar-refractivity contribution is -0.139. The number of carbonyl (C=O) groups is 3. The second-order valence-electron chi connectivity index (χ2n) is 7.86. The summed E-state index contributed by atoms with van der Waals surface area (Å²) in [6.45, 7) is 4.34. The summed E-state index contributed by atoms with van der Waals surface area (Å²) in [6, 6.07) is 13.9. The molecule has 1 aliphatic rings. The van der Waals surface area contributed by atoms with E-state index in [1.54, 1.807) is 0 Å². The Morgan fingerprint density at radius 2 is 1.81 bits per heavy atom. The zero-order valence-electron chi connectivity index (χ0n) is 18.7. The van der Waals surface area contributed by atoms with Crippen LogP contribution in [0.3, 0.4) is 0 Å². The predicted octanol–water partition coefficient (Wildman–Crippen LogP) is 3.26. The van der Waals surface area contributed by atoms with Crippen molar-refractivity contribution in [3.05, 3.63) is 70.9 Å². The fourth-order valence-corrected chi connectivity index (χ4v) is 3.53. The Balaban J connectivity index is 1.71. The molecule has 0 saturated heterocycles. The van der Waals surface area contributed by atoms with Crippen molar-refractivity contribution in [3.8, 4) is 0 Å². The van der Waals surface area contributed by atoms with E-state index < -0.39 is 5.97 Å². The van der Waals surface area contributed by atoms with E-state index in [-0.39, 0.29) is 24.8 Å². The molecule has 2 N–H and O–H groups in total. The lowest BCUT2D eigenvalue weighted by atomic mass is 10.1. The standard InChI is InChI=1S/C25H29N3O4/c1-17-12-21-22(13-18(17)2)28(24(30)14-20(27-21)15-25(31)32-3)16-23(29)26-11-7-10-19-8-5-4-6-9-19/h4-6,8-9,12-14,27H,7,10-11,15-16H2,1-3H3,(H,26,29). The monoisotopic (exact) mass is 435 g/mol. The van der Waals surface area contributed by atoms with Crippen molar-refractivity contribution < 1.29 is 19.1 Å². The minimum atomic E-state index is -0.452. The summed E-state index contributed by atoms with van der Waals surface area (Å²) < 4.78 is 4.73. The van der Waals surface area contributed by atoms with Crippen LogP contribution in [0.1, 0.15) is 29.5 Å². The number of hydrogen-bond acceptors (Lipinski definition) is 5. The van der Waals surface area contributed by atoms with Crippen molar-refractivity contribution in [2.75, 3.05) is 30.4 Å². The van der Waals surface area contributed by atoms with E-state index in [2.05, 4.69) is 22.8 Å². The van der Waals surface area contributed by atoms with Gasteiger partial charge in [-0.3, -0.25) is 19.3 Å². The molecule has 0 unspecified atom stereocenters. The van der Waals surface area contributed by atoms with Gasteiger partial charge >= 0.3 is 5.97 Å². The molecular formula is C25H29N3O4. The number of methoxy groups -OCH3 is 1. The number of benzene rings is 2. The van der Waals surface area contributed by atoms with Gasteiger partial charge in [0.15, 0.2) is 0 Å². The van der Waals surface area contributed by atoms with Gasteiger partial charge < -0.3 is 15.4 Å². The van der Waals surface area contributed by atoms with Crippen molar-refractivity contribution in [2.24, 2.45) is 0 Å². The van der Waals surface area contributed by atoms with E-state index in [4.69, 9.17) is 4.74 Å². The van der Waals surface area contributed by atoms with E-state index >= 15 is 0 Å². The Labute approximate surface area is 188 Å². The molecule has 7 nitrogen and oxygen atoms in total. The van der Waals surface area contributed by atoms with Gasteiger partial charge in [-0.25, -0.2) is 0 Å². The highest BCUT2D eigenvalue weighted by Crippen LogP contribution is 2.33. The lowest BCUT2D eigenvalue weighted by Crippen LogP contribution is -2.40. The molecule has 2 amide bonds. The molecule has 0 fully saturated rings. The Bertz CT molecular complexity index is 1030. The number of aryl methyl sites for hydroxylation is 3. The first kappa shape index (κ1) is 23.1. The molecular weight excluding hydrogens is 406 g/mol. The third kappa shape index (κ3) is 5.97. The first-order valence-electron chi connectivity index (χ1n) is 10.6. The van der Waals surface area contributed by atoms with Crippen LogP contribution in [0.5, 0.6) is 0 Å². The van der Waals surface area contributed by atoms with Gasteiger partial charge in [0.25, 0.3) is 5.91 Å². The van der Waals surface area contributed by atoms with Crippen LogP contribution < -0.4 is 15.5 Å². The van der Waals surface area contributed by atoms with E-state index in [1.807, 2.05) is 44.2 Å². The maximum atomic E-state index is 13.0. The van der Waals surface area contributed by atoms with Gasteiger partial charge in [0, 0.05) is 18.3 Å². The molecule has 168 valence electrons. The fraction of sp³-hybridized carbons (Fsp3) is 0.320. The van der Waals surface area contributed by atoms with Gasteiger partial charge in [0.2, 0.25) is 5.91 Å². The SMILES string of the molecule is COC(=O)CC1=CC(=O)N(CC(=O)NCCCc2ccccc2)c2cc(C)c(C)cc2N1. The highest BCUT2D eigenvalue weighted by molar-refractivity contribution is 6.09. The Kier molecular flexibility index (Phi) is 7.65. The highest BCUT2D eigenvalue weighted by Gasteiger charge is 2.25. The molecule has 2 aromatic carbocycles. The maximum Gasteiger partial charge on any atom is 0.311 e. The number of nitrogens with zero attached hydrogens (tertiary/aromatic N) is 1. The highest BCUT2D eigenvalue weighted by atomic mass is 16.5. The number of esters is 1. The molecule has 0 saturated carbocycles. The molecule has 32 heavy (non-hydrogen) atoms. The molecule has 0 aliphatic carbocycles. The molecule has 2 aromatic rings. The van der Waals surface area contributed by atoms with Crippen LogP contribution in [0, 0.1) is 13.8 Å². The molecule has 0 aromatic heterocycles. The molecule has 0 bridgehead atoms. The zero-order valence-corrected chi connectivity index (χ0v) is 18.7. The predicted molar refractivity (Wildman–Crippen MR) is 124 cm³/mol. The molecule has 7 heteroatoms. The molecule has 0 atom stereocenters. The number of hydrogen-bond donors (Lipinski definition) is 2. The Morgan fingerprint density at radius 1 is 1.09 bits per heavy atom. The van der Waals surface area contributed by atoms with E-state index in [0.717, 1.165) is 24.0 Å². The topological polar surface area (TPSA) is 87.7 Å². The van der Waals surface area contributed by atoms with Crippen LogP contribution in [0.4, 0.5) is 11.4 Å². The van der Waals surface area contributed by atoms with Crippen LogP contribution in [-0.2, 0) is 25.5 Å². The second-order valence-corrected chi connectivity index (χ2v) is 7.86. The van der Waals surface area contributed by atoms with Crippen LogP contribution in [0.25, 0.3) is 0 Å². The minimum absolute atomic E-state index is 0.0614. The second kappa shape index (κ2) is 10.6. The number of fused-ring (bicyclic) bond motifs is 1. The molecule has 1 heterocycles. The Morgan fingerprint density at radius 3 is 2.53 bits per heavy atom. The maximum absolute atomic E-state index is 13.0. The number of nitrogens with one attached hydrogen (secondary N) is 2. The third-order valence-electron chi connectivity index (χ3n) is 5.43. The van der Waals surface area contributed by atoms with E-state index in [9.17, 15) is 14.4 Å². The quantitative estimate of drug-likeness (QED) is 0.491. The summed E-state index contributed by atoms with van der Waals surface area (Å²) in [7, 11) is 1.30. The van der Waals surface area contributed by atoms with Gasteiger partial charge in [-0.15, -0.1) is 0 Å². The summed E-state index contributed by atoms with van der Waals surface area (Å²) >= 11 is 0. The van der Waals surface area contributed by atoms with Gasteiger partial charge in [-0.05, 0) is 55.5 Å². The van der Waals surface area contributed by atoms with Crippen LogP contribution in [0.2, 0.25) is 0 Å². The van der Waals surface area contributed by atoms with Gasteiger partial charge in [0.1, 0.15) is 6.54 Å². The van der Waals surface area contributed by atoms with Gasteiger partial charge in [0.05, 0.1) is 24.9 Å². The van der Waals surface area contributed by atoms with Crippen LogP contribution >= 0.6 is 0 Å². The number of anilines is 2. The average molecular weight is 436 g/mol. The summed E-state index contributed by atoms with van der Waals surface area (Å²) in [5.41, 5.74) is 4.96. The third-order valence-corrected chi connectivity index (χ3v) is 5.43. The van der Waals surface area contributed by atoms with Crippen molar-refractivity contribution in [2.45, 2.75) is 33.1 Å². The molecule has 0 spiro atoms. The van der Waals surface area contributed by atoms with Crippen molar-refractivity contribution in [3.63, 3.8) is 0 Å². The first-order chi connectivity index (χ1) is 15.4. The van der Waals surface area contributed by atoms with Crippen molar-refractivity contribution in [1.29, 1.82) is 0 Å². The van der Waals surface area contributed by atoms with E-state index in [1.165, 1.54) is 23.6 Å². The summed E-state index contributed by atoms with van der Waals surface area (Å²) in [4.78, 5) is 38.8. The van der Waals surface area contributed by atoms with Crippen LogP contribution in [0.15, 0.2) is 54.2 Å². The van der Waals surface area contributed by atoms with Crippen molar-refractivity contribution >= 4 is 29.2 Å². The average Bonchev–Trinajstić information content (AvgIpc) is 2.88. The van der Waals surface area contributed by atoms with Crippen LogP contribution in [-0.4, -0.2) is 38.0 Å². The molecule has 0 radical (unpaired) electrons. The van der Waals surface area contributed by atoms with Gasteiger partial charge in [-0.1, -0.05) is 30.3 Å². The molecule has 3 rings (SSSR count). The number of ether oxygens (including phenoxy) is 1. The zero-order chi connectivity index (χ0) is 23.1.